The van der Waals surface area contributed by atoms with Gasteiger partial charge in [0, 0.05) is 16.6 Å². The molecule has 0 bridgehead atoms. The Labute approximate surface area is 153 Å². The maximum Gasteiger partial charge on any atom is 0.319 e. The Morgan fingerprint density at radius 2 is 2.08 bits per heavy atom. The van der Waals surface area contributed by atoms with Gasteiger partial charge in [0.2, 0.25) is 6.79 Å². The van der Waals surface area contributed by atoms with Crippen molar-refractivity contribution in [2.45, 2.75) is 5.60 Å². The van der Waals surface area contributed by atoms with Crippen LogP contribution >= 0.6 is 11.3 Å². The maximum atomic E-state index is 12.3. The van der Waals surface area contributed by atoms with Crippen LogP contribution in [-0.2, 0) is 5.60 Å². The van der Waals surface area contributed by atoms with Crippen LogP contribution in [0.4, 0.5) is 10.5 Å². The Bertz CT molecular complexity index is 858. The van der Waals surface area contributed by atoms with Crippen LogP contribution in [0.1, 0.15) is 10.6 Å². The van der Waals surface area contributed by atoms with Crippen LogP contribution in [0.3, 0.4) is 0 Å². The molecule has 1 aliphatic heterocycles. The van der Waals surface area contributed by atoms with Gasteiger partial charge in [-0.2, -0.15) is 0 Å². The molecular formula is C18H16N2O5S. The summed E-state index contributed by atoms with van der Waals surface area (Å²) in [7, 11) is 0. The lowest BCUT2D eigenvalue weighted by Crippen LogP contribution is -2.42. The summed E-state index contributed by atoms with van der Waals surface area (Å²) in [5, 5.41) is 18.4. The average Bonchev–Trinajstić information content (AvgIpc) is 3.41. The van der Waals surface area contributed by atoms with Gasteiger partial charge in [-0.3, -0.25) is 0 Å². The molecule has 26 heavy (non-hydrogen) atoms. The molecule has 0 saturated carbocycles. The molecule has 134 valence electrons. The number of rotatable bonds is 5. The minimum Gasteiger partial charge on any atom is -0.466 e. The number of nitrogens with one attached hydrogen (secondary N) is 2. The minimum atomic E-state index is -1.44. The van der Waals surface area contributed by atoms with Gasteiger partial charge in [0.25, 0.3) is 0 Å². The number of hydrogen-bond donors (Lipinski definition) is 3. The van der Waals surface area contributed by atoms with Crippen LogP contribution in [0.25, 0.3) is 0 Å². The molecule has 3 N–H and O–H groups in total. The van der Waals surface area contributed by atoms with E-state index in [0.29, 0.717) is 27.8 Å². The topological polar surface area (TPSA) is 93.0 Å². The highest BCUT2D eigenvalue weighted by atomic mass is 32.1. The lowest BCUT2D eigenvalue weighted by molar-refractivity contribution is 0.0628. The molecule has 0 saturated heterocycles. The number of ether oxygens (including phenoxy) is 2. The van der Waals surface area contributed by atoms with Gasteiger partial charge in [0.15, 0.2) is 17.1 Å². The number of benzene rings is 1. The molecule has 7 nitrogen and oxygen atoms in total. The van der Waals surface area contributed by atoms with Crippen molar-refractivity contribution in [2.75, 3.05) is 18.7 Å². The normalized spacial score (nSPS) is 14.7. The number of carbonyl (C=O) groups excluding carboxylic acids is 1. The smallest absolute Gasteiger partial charge is 0.319 e. The summed E-state index contributed by atoms with van der Waals surface area (Å²) in [4.78, 5) is 12.9. The van der Waals surface area contributed by atoms with Crippen molar-refractivity contribution >= 4 is 23.1 Å². The Morgan fingerprint density at radius 1 is 1.19 bits per heavy atom. The van der Waals surface area contributed by atoms with E-state index < -0.39 is 11.6 Å². The van der Waals surface area contributed by atoms with Crippen molar-refractivity contribution in [3.8, 4) is 11.5 Å². The molecular weight excluding hydrogens is 356 g/mol. The van der Waals surface area contributed by atoms with Crippen molar-refractivity contribution in [3.63, 3.8) is 0 Å². The SMILES string of the molecule is O=C(NC[C@](O)(c1ccco1)c1cccs1)Nc1ccc2c(c1)OCO2. The van der Waals surface area contributed by atoms with Gasteiger partial charge in [-0.25, -0.2) is 4.79 Å². The number of furan rings is 1. The molecule has 2 amide bonds. The first-order chi connectivity index (χ1) is 12.6. The standard InChI is InChI=1S/C18H16N2O5S/c21-17(20-12-5-6-13-14(9-12)25-11-24-13)19-10-18(22,15-3-1-7-23-15)16-4-2-8-26-16/h1-9,22H,10-11H2,(H2,19,20,21)/t18-/m0/s1. The van der Waals surface area contributed by atoms with Crippen molar-refractivity contribution in [1.82, 2.24) is 5.32 Å². The number of aliphatic hydroxyl groups is 1. The first kappa shape index (κ1) is 16.5. The maximum absolute atomic E-state index is 12.3. The Kier molecular flexibility index (Phi) is 4.27. The number of anilines is 1. The van der Waals surface area contributed by atoms with E-state index in [-0.39, 0.29) is 13.3 Å². The predicted octanol–water partition coefficient (Wildman–Crippen LogP) is 3.13. The Morgan fingerprint density at radius 3 is 2.85 bits per heavy atom. The Hall–Kier alpha value is -2.97. The highest BCUT2D eigenvalue weighted by molar-refractivity contribution is 7.10. The van der Waals surface area contributed by atoms with Gasteiger partial charge in [-0.1, -0.05) is 6.07 Å². The third kappa shape index (κ3) is 3.12. The highest BCUT2D eigenvalue weighted by Gasteiger charge is 2.36. The zero-order chi connectivity index (χ0) is 18.0. The number of fused-ring (bicyclic) bond motifs is 1. The summed E-state index contributed by atoms with van der Waals surface area (Å²) >= 11 is 1.39. The van der Waals surface area contributed by atoms with Gasteiger partial charge in [0.1, 0.15) is 5.76 Å². The summed E-state index contributed by atoms with van der Waals surface area (Å²) < 4.78 is 15.9. The van der Waals surface area contributed by atoms with E-state index in [0.717, 1.165) is 0 Å². The molecule has 2 aromatic heterocycles. The van der Waals surface area contributed by atoms with Crippen LogP contribution in [0.2, 0.25) is 0 Å². The van der Waals surface area contributed by atoms with E-state index in [1.54, 1.807) is 36.4 Å². The fourth-order valence-electron chi connectivity index (χ4n) is 2.68. The van der Waals surface area contributed by atoms with E-state index in [4.69, 9.17) is 13.9 Å². The number of thiophene rings is 1. The zero-order valence-electron chi connectivity index (χ0n) is 13.6. The van der Waals surface area contributed by atoms with Crippen LogP contribution in [0.15, 0.2) is 58.5 Å². The first-order valence-electron chi connectivity index (χ1n) is 7.90. The summed E-state index contributed by atoms with van der Waals surface area (Å²) in [6.07, 6.45) is 1.49. The van der Waals surface area contributed by atoms with Crippen molar-refractivity contribution in [3.05, 3.63) is 64.7 Å². The third-order valence-electron chi connectivity index (χ3n) is 3.99. The summed E-state index contributed by atoms with van der Waals surface area (Å²) in [6.45, 7) is 0.124. The quantitative estimate of drug-likeness (QED) is 0.640. The molecule has 3 aromatic rings. The molecule has 0 aliphatic carbocycles. The van der Waals surface area contributed by atoms with E-state index in [2.05, 4.69) is 10.6 Å². The molecule has 1 aliphatic rings. The molecule has 0 radical (unpaired) electrons. The number of carbonyl (C=O) groups is 1. The number of urea groups is 1. The van der Waals surface area contributed by atoms with E-state index in [1.165, 1.54) is 17.6 Å². The fourth-order valence-corrected chi connectivity index (χ4v) is 3.51. The molecule has 8 heteroatoms. The average molecular weight is 372 g/mol. The minimum absolute atomic E-state index is 0.0442. The van der Waals surface area contributed by atoms with Gasteiger partial charge in [-0.05, 0) is 35.7 Å². The highest BCUT2D eigenvalue weighted by Crippen LogP contribution is 2.34. The molecule has 0 unspecified atom stereocenters. The monoisotopic (exact) mass is 372 g/mol. The second-order valence-electron chi connectivity index (χ2n) is 5.69. The summed E-state index contributed by atoms with van der Waals surface area (Å²) in [6, 6.07) is 11.7. The lowest BCUT2D eigenvalue weighted by Gasteiger charge is -2.25. The van der Waals surface area contributed by atoms with Crippen molar-refractivity contribution in [1.29, 1.82) is 0 Å². The molecule has 1 atom stereocenters. The van der Waals surface area contributed by atoms with Crippen molar-refractivity contribution in [2.24, 2.45) is 0 Å². The molecule has 3 heterocycles. The second-order valence-corrected chi connectivity index (χ2v) is 6.64. The zero-order valence-corrected chi connectivity index (χ0v) is 14.4. The molecule has 4 rings (SSSR count). The van der Waals surface area contributed by atoms with Crippen LogP contribution in [0, 0.1) is 0 Å². The predicted molar refractivity (Wildman–Crippen MR) is 95.6 cm³/mol. The van der Waals surface area contributed by atoms with Gasteiger partial charge < -0.3 is 29.6 Å². The lowest BCUT2D eigenvalue weighted by atomic mass is 9.99. The molecule has 0 spiro atoms. The van der Waals surface area contributed by atoms with Crippen LogP contribution < -0.4 is 20.1 Å². The van der Waals surface area contributed by atoms with E-state index in [9.17, 15) is 9.90 Å². The Balaban J connectivity index is 1.45. The largest absolute Gasteiger partial charge is 0.466 e. The number of amides is 2. The first-order valence-corrected chi connectivity index (χ1v) is 8.78. The van der Waals surface area contributed by atoms with Crippen LogP contribution in [0.5, 0.6) is 11.5 Å². The number of hydrogen-bond acceptors (Lipinski definition) is 6. The third-order valence-corrected chi connectivity index (χ3v) is 5.01. The van der Waals surface area contributed by atoms with Crippen LogP contribution in [-0.4, -0.2) is 24.5 Å². The van der Waals surface area contributed by atoms with E-state index >= 15 is 0 Å². The summed E-state index contributed by atoms with van der Waals surface area (Å²) in [5.74, 6) is 1.58. The molecule has 1 aromatic carbocycles. The second kappa shape index (κ2) is 6.74. The van der Waals surface area contributed by atoms with Crippen molar-refractivity contribution < 1.29 is 23.8 Å². The fraction of sp³-hybridized carbons (Fsp3) is 0.167. The van der Waals surface area contributed by atoms with E-state index in [1.807, 2.05) is 11.4 Å². The van der Waals surface area contributed by atoms with Gasteiger partial charge >= 0.3 is 6.03 Å². The summed E-state index contributed by atoms with van der Waals surface area (Å²) in [5.41, 5.74) is -0.881. The molecule has 0 fully saturated rings. The van der Waals surface area contributed by atoms with Gasteiger partial charge in [0.05, 0.1) is 12.8 Å². The van der Waals surface area contributed by atoms with Gasteiger partial charge in [-0.15, -0.1) is 11.3 Å².